The Bertz CT molecular complexity index is 1060. The van der Waals surface area contributed by atoms with Crippen molar-refractivity contribution in [3.8, 4) is 0 Å². The molecule has 0 fully saturated rings. The van der Waals surface area contributed by atoms with Crippen molar-refractivity contribution in [1.29, 1.82) is 0 Å². The molecule has 1 rings (SSSR count). The summed E-state index contributed by atoms with van der Waals surface area (Å²) in [6, 6.07) is 0. The van der Waals surface area contributed by atoms with Crippen molar-refractivity contribution in [2.24, 2.45) is 5.41 Å². The summed E-state index contributed by atoms with van der Waals surface area (Å²) in [4.78, 5) is 36.3. The van der Waals surface area contributed by atoms with E-state index in [2.05, 4.69) is 20.8 Å². The number of nitrogens with one attached hydrogen (secondary N) is 1. The molecule has 0 aliphatic rings. The molecule has 0 saturated carbocycles. The molecule has 1 aromatic rings. The molecule has 0 aliphatic heterocycles. The third kappa shape index (κ3) is 14.3. The first-order valence-corrected chi connectivity index (χ1v) is 13.7. The van der Waals surface area contributed by atoms with Crippen LogP contribution in [0.3, 0.4) is 0 Å². The van der Waals surface area contributed by atoms with Crippen LogP contribution in [0.25, 0.3) is 0 Å². The smallest absolute Gasteiger partial charge is 0.432 e. The van der Waals surface area contributed by atoms with Gasteiger partial charge >= 0.3 is 19.4 Å². The Kier molecular flexibility index (Phi) is 12.9. The van der Waals surface area contributed by atoms with Crippen molar-refractivity contribution < 1.29 is 37.0 Å². The molecule has 0 amide bonds. The van der Waals surface area contributed by atoms with Crippen molar-refractivity contribution in [2.75, 3.05) is 20.0 Å². The minimum absolute atomic E-state index is 0.00303. The molecular formula is C24H40FN2O9P. The van der Waals surface area contributed by atoms with Gasteiger partial charge in [0.05, 0.1) is 24.5 Å². The molecule has 1 atom stereocenters. The minimum atomic E-state index is -3.86. The van der Waals surface area contributed by atoms with Crippen LogP contribution in [0.2, 0.25) is 0 Å². The van der Waals surface area contributed by atoms with E-state index < -0.39 is 43.7 Å². The van der Waals surface area contributed by atoms with Gasteiger partial charge in [-0.15, -0.1) is 0 Å². The van der Waals surface area contributed by atoms with Gasteiger partial charge in [0.2, 0.25) is 12.6 Å². The third-order valence-corrected chi connectivity index (χ3v) is 6.13. The highest BCUT2D eigenvalue weighted by molar-refractivity contribution is 7.57. The Morgan fingerprint density at radius 3 is 2.46 bits per heavy atom. The number of hydrogen-bond acceptors (Lipinski definition) is 9. The predicted molar refractivity (Wildman–Crippen MR) is 136 cm³/mol. The van der Waals surface area contributed by atoms with Crippen LogP contribution >= 0.6 is 7.60 Å². The molecule has 13 heteroatoms. The Morgan fingerprint density at radius 1 is 1.16 bits per heavy atom. The fourth-order valence-electron chi connectivity index (χ4n) is 3.49. The minimum Gasteiger partial charge on any atom is -0.432 e. The van der Waals surface area contributed by atoms with E-state index >= 15 is 0 Å². The lowest BCUT2D eigenvalue weighted by Gasteiger charge is -2.32. The predicted octanol–water partition coefficient (Wildman–Crippen LogP) is 4.95. The monoisotopic (exact) mass is 550 g/mol. The number of allylic oxidation sites excluding steroid dienone is 1. The van der Waals surface area contributed by atoms with Crippen LogP contribution in [0.5, 0.6) is 0 Å². The molecule has 0 saturated heterocycles. The zero-order chi connectivity index (χ0) is 28.3. The fourth-order valence-corrected chi connectivity index (χ4v) is 4.73. The Hall–Kier alpha value is -2.27. The summed E-state index contributed by atoms with van der Waals surface area (Å²) < 4.78 is 53.8. The normalized spacial score (nSPS) is 14.2. The summed E-state index contributed by atoms with van der Waals surface area (Å²) in [5.74, 6) is 0.0703. The van der Waals surface area contributed by atoms with Crippen LogP contribution in [0.4, 0.5) is 9.18 Å². The average Bonchev–Trinajstić information content (AvgIpc) is 2.72. The topological polar surface area (TPSA) is 135 Å². The van der Waals surface area contributed by atoms with Crippen LogP contribution < -0.4 is 11.2 Å². The fraction of sp³-hybridized carbons (Fsp3) is 0.708. The number of carbonyl (C=O) groups excluding carboxylic acids is 1. The summed E-state index contributed by atoms with van der Waals surface area (Å²) in [6.45, 7) is 13.4. The molecule has 0 spiro atoms. The maximum absolute atomic E-state index is 13.4. The lowest BCUT2D eigenvalue weighted by molar-refractivity contribution is -0.0470. The molecule has 1 aromatic heterocycles. The summed E-state index contributed by atoms with van der Waals surface area (Å²) in [5, 5.41) is 0. The van der Waals surface area contributed by atoms with Crippen LogP contribution in [0, 0.1) is 11.2 Å². The Labute approximate surface area is 216 Å². The molecule has 11 nitrogen and oxygen atoms in total. The van der Waals surface area contributed by atoms with Crippen molar-refractivity contribution in [3.05, 3.63) is 44.7 Å². The van der Waals surface area contributed by atoms with Gasteiger partial charge in [0.1, 0.15) is 0 Å². The van der Waals surface area contributed by atoms with Crippen molar-refractivity contribution in [3.63, 3.8) is 0 Å². The van der Waals surface area contributed by atoms with E-state index in [1.165, 1.54) is 11.9 Å². The molecule has 0 radical (unpaired) electrons. The molecule has 0 aliphatic carbocycles. The second kappa shape index (κ2) is 14.6. The Morgan fingerprint density at radius 2 is 1.84 bits per heavy atom. The third-order valence-electron chi connectivity index (χ3n) is 4.54. The molecule has 0 aromatic carbocycles. The zero-order valence-corrected chi connectivity index (χ0v) is 23.6. The number of aromatic amines is 1. The van der Waals surface area contributed by atoms with Gasteiger partial charge in [-0.1, -0.05) is 26.8 Å². The summed E-state index contributed by atoms with van der Waals surface area (Å²) in [5.41, 5.74) is -2.13. The van der Waals surface area contributed by atoms with Crippen LogP contribution in [-0.4, -0.2) is 47.4 Å². The van der Waals surface area contributed by atoms with Crippen molar-refractivity contribution in [2.45, 2.75) is 86.0 Å². The molecule has 1 unspecified atom stereocenters. The summed E-state index contributed by atoms with van der Waals surface area (Å²) >= 11 is 0. The van der Waals surface area contributed by atoms with Gasteiger partial charge in [0, 0.05) is 19.0 Å². The molecule has 1 heterocycles. The van der Waals surface area contributed by atoms with E-state index in [1.807, 2.05) is 18.8 Å². The highest BCUT2D eigenvalue weighted by Gasteiger charge is 2.26. The van der Waals surface area contributed by atoms with Gasteiger partial charge in [0.25, 0.3) is 5.56 Å². The van der Waals surface area contributed by atoms with Crippen LogP contribution in [0.15, 0.2) is 27.7 Å². The van der Waals surface area contributed by atoms with Gasteiger partial charge in [0.15, 0.2) is 0 Å². The second-order valence-corrected chi connectivity index (χ2v) is 12.4. The van der Waals surface area contributed by atoms with E-state index in [1.54, 1.807) is 13.8 Å². The van der Waals surface area contributed by atoms with Crippen LogP contribution in [0.1, 0.15) is 67.7 Å². The van der Waals surface area contributed by atoms with Gasteiger partial charge in [-0.2, -0.15) is 4.39 Å². The molecule has 212 valence electrons. The highest BCUT2D eigenvalue weighted by Crippen LogP contribution is 2.50. The van der Waals surface area contributed by atoms with Crippen molar-refractivity contribution >= 4 is 13.8 Å². The van der Waals surface area contributed by atoms with Gasteiger partial charge < -0.3 is 18.7 Å². The quantitative estimate of drug-likeness (QED) is 0.139. The van der Waals surface area contributed by atoms with E-state index in [9.17, 15) is 23.3 Å². The number of aromatic nitrogens is 2. The number of aryl methyl sites for hydroxylation is 1. The van der Waals surface area contributed by atoms with E-state index in [-0.39, 0.29) is 30.6 Å². The highest BCUT2D eigenvalue weighted by atomic mass is 31.2. The maximum atomic E-state index is 13.4. The number of hydrogen-bond donors (Lipinski definition) is 1. The van der Waals surface area contributed by atoms with E-state index in [0.29, 0.717) is 13.0 Å². The second-order valence-electron chi connectivity index (χ2n) is 10.5. The Balaban J connectivity index is 2.71. The van der Waals surface area contributed by atoms with E-state index in [4.69, 9.17) is 23.3 Å². The average molecular weight is 551 g/mol. The van der Waals surface area contributed by atoms with Gasteiger partial charge in [-0.05, 0) is 52.4 Å². The standard InChI is InChI=1S/C24H40FN2O9P/c1-18(2)36-22(30)32-17-35-37(31,34-13-10-12-33-24(6,7)16-23(3,4)5)14-9-8-11-27-15-19(25)20(28)26-21(27)29/h9,14-15,18H,8,10-13,16-17H2,1-7H3,(H,26,28,29)/b14-9+. The number of H-pyrrole nitrogens is 1. The van der Waals surface area contributed by atoms with E-state index in [0.717, 1.165) is 17.2 Å². The van der Waals surface area contributed by atoms with Gasteiger partial charge in [-0.25, -0.2) is 9.59 Å². The molecule has 37 heavy (non-hydrogen) atoms. The van der Waals surface area contributed by atoms with Crippen LogP contribution in [-0.2, 0) is 34.4 Å². The number of carbonyl (C=O) groups is 1. The number of nitrogens with zero attached hydrogens (tertiary/aromatic N) is 1. The number of rotatable bonds is 15. The largest absolute Gasteiger partial charge is 0.510 e. The first-order chi connectivity index (χ1) is 17.0. The lowest BCUT2D eigenvalue weighted by atomic mass is 9.84. The summed E-state index contributed by atoms with van der Waals surface area (Å²) in [7, 11) is -3.86. The molecule has 0 bridgehead atoms. The first-order valence-electron chi connectivity index (χ1n) is 12.1. The number of ether oxygens (including phenoxy) is 3. The molecule has 1 N–H and O–H groups in total. The molecular weight excluding hydrogens is 510 g/mol. The SMILES string of the molecule is CC(C)OC(=O)OCOP(=O)(/C=C/CCn1cc(F)c(=O)[nH]c1=O)OCCCOC(C)(C)CC(C)(C)C. The number of halogens is 1. The summed E-state index contributed by atoms with van der Waals surface area (Å²) in [6.07, 6.45) is 2.23. The van der Waals surface area contributed by atoms with Crippen molar-refractivity contribution in [1.82, 2.24) is 9.55 Å². The van der Waals surface area contributed by atoms with Gasteiger partial charge in [-0.3, -0.25) is 23.4 Å². The maximum Gasteiger partial charge on any atom is 0.510 e. The zero-order valence-electron chi connectivity index (χ0n) is 22.7. The first kappa shape index (κ1) is 32.8. The lowest BCUT2D eigenvalue weighted by Crippen LogP contribution is -2.31.